The number of anilines is 3. The number of nitrogens with one attached hydrogen (secondary N) is 2. The van der Waals surface area contributed by atoms with E-state index in [2.05, 4.69) is 43.4 Å². The number of hydrogen-bond acceptors (Lipinski definition) is 5. The Morgan fingerprint density at radius 2 is 1.70 bits per heavy atom. The summed E-state index contributed by atoms with van der Waals surface area (Å²) in [5, 5.41) is 6.46. The monoisotopic (exact) mass is 559 g/mol. The Labute approximate surface area is 225 Å². The van der Waals surface area contributed by atoms with Crippen molar-refractivity contribution in [2.75, 3.05) is 62.4 Å². The van der Waals surface area contributed by atoms with E-state index in [0.29, 0.717) is 12.1 Å². The molecular weight excluding hydrogens is 530 g/mol. The average molecular weight is 560 g/mol. The molecule has 0 unspecified atom stereocenters. The van der Waals surface area contributed by atoms with E-state index in [1.54, 1.807) is 4.90 Å². The summed E-state index contributed by atoms with van der Waals surface area (Å²) < 4.78 is 0.906. The third-order valence-corrected chi connectivity index (χ3v) is 7.38. The van der Waals surface area contributed by atoms with Gasteiger partial charge in [-0.15, -0.1) is 0 Å². The van der Waals surface area contributed by atoms with Gasteiger partial charge in [0.25, 0.3) is 5.91 Å². The lowest BCUT2D eigenvalue weighted by molar-refractivity contribution is -0.119. The molecule has 7 nitrogen and oxygen atoms in total. The zero-order valence-corrected chi connectivity index (χ0v) is 22.6. The quantitative estimate of drug-likeness (QED) is 0.432. The minimum absolute atomic E-state index is 0.0720. The number of carbonyl (C=O) groups is 2. The summed E-state index contributed by atoms with van der Waals surface area (Å²) in [4.78, 5) is 32.2. The van der Waals surface area contributed by atoms with Crippen molar-refractivity contribution < 1.29 is 9.59 Å². The number of rotatable bonds is 6. The van der Waals surface area contributed by atoms with Gasteiger partial charge in [0, 0.05) is 54.6 Å². The lowest BCUT2D eigenvalue weighted by Crippen LogP contribution is -2.48. The fraction of sp³-hybridized carbons (Fsp3) is 0.241. The first-order chi connectivity index (χ1) is 17.9. The molecule has 3 aromatic rings. The standard InChI is InChI=1S/C29H30BrN5O2/c1-33-14-16-35(17-15-33)19-26(36)34(2)23-11-9-22(10-12-23)31-28(20-6-4-3-5-7-20)27-24-13-8-21(30)18-25(24)32-29(27)37/h3-13,18,31H,14-17,19H2,1-2H3,(H,32,37). The van der Waals surface area contributed by atoms with Gasteiger partial charge in [-0.25, -0.2) is 0 Å². The van der Waals surface area contributed by atoms with Crippen molar-refractivity contribution in [3.8, 4) is 0 Å². The summed E-state index contributed by atoms with van der Waals surface area (Å²) in [7, 11) is 3.92. The van der Waals surface area contributed by atoms with Crippen LogP contribution in [0.5, 0.6) is 0 Å². The fourth-order valence-corrected chi connectivity index (χ4v) is 5.00. The molecule has 190 valence electrons. The molecule has 0 radical (unpaired) electrons. The molecule has 3 aromatic carbocycles. The van der Waals surface area contributed by atoms with Crippen LogP contribution >= 0.6 is 15.9 Å². The maximum Gasteiger partial charge on any atom is 0.258 e. The van der Waals surface area contributed by atoms with Gasteiger partial charge in [-0.3, -0.25) is 14.5 Å². The molecule has 0 atom stereocenters. The number of halogens is 1. The van der Waals surface area contributed by atoms with Gasteiger partial charge >= 0.3 is 0 Å². The van der Waals surface area contributed by atoms with Crippen LogP contribution in [-0.4, -0.2) is 68.4 Å². The number of nitrogens with zero attached hydrogens (tertiary/aromatic N) is 3. The third-order valence-electron chi connectivity index (χ3n) is 6.89. The number of carbonyl (C=O) groups excluding carboxylic acids is 2. The molecular formula is C29H30BrN5O2. The van der Waals surface area contributed by atoms with Crippen molar-refractivity contribution in [2.24, 2.45) is 0 Å². The Kier molecular flexibility index (Phi) is 7.41. The maximum absolute atomic E-state index is 13.1. The van der Waals surface area contributed by atoms with Crippen molar-refractivity contribution in [3.63, 3.8) is 0 Å². The number of benzene rings is 3. The van der Waals surface area contributed by atoms with Crippen LogP contribution in [-0.2, 0) is 9.59 Å². The van der Waals surface area contributed by atoms with Gasteiger partial charge < -0.3 is 20.4 Å². The van der Waals surface area contributed by atoms with Gasteiger partial charge in [-0.05, 0) is 49.0 Å². The first-order valence-corrected chi connectivity index (χ1v) is 13.1. The van der Waals surface area contributed by atoms with E-state index in [-0.39, 0.29) is 11.8 Å². The molecule has 5 rings (SSSR count). The van der Waals surface area contributed by atoms with Crippen molar-refractivity contribution in [3.05, 3.63) is 88.4 Å². The molecule has 2 aliphatic rings. The molecule has 0 saturated carbocycles. The minimum Gasteiger partial charge on any atom is -0.354 e. The second-order valence-electron chi connectivity index (χ2n) is 9.46. The molecule has 8 heteroatoms. The average Bonchev–Trinajstić information content (AvgIpc) is 3.23. The second-order valence-corrected chi connectivity index (χ2v) is 10.4. The van der Waals surface area contributed by atoms with E-state index in [1.165, 1.54) is 0 Å². The van der Waals surface area contributed by atoms with Gasteiger partial charge in [0.1, 0.15) is 0 Å². The summed E-state index contributed by atoms with van der Waals surface area (Å²) >= 11 is 3.48. The molecule has 0 bridgehead atoms. The summed E-state index contributed by atoms with van der Waals surface area (Å²) in [6.07, 6.45) is 0. The number of piperazine rings is 1. The number of fused-ring (bicyclic) bond motifs is 1. The molecule has 0 aromatic heterocycles. The lowest BCUT2D eigenvalue weighted by Gasteiger charge is -2.32. The van der Waals surface area contributed by atoms with Crippen LogP contribution in [0.15, 0.2) is 77.3 Å². The molecule has 2 aliphatic heterocycles. The maximum atomic E-state index is 13.1. The molecule has 2 N–H and O–H groups in total. The third kappa shape index (κ3) is 5.61. The smallest absolute Gasteiger partial charge is 0.258 e. The second kappa shape index (κ2) is 10.9. The minimum atomic E-state index is -0.148. The normalized spacial score (nSPS) is 17.2. The first-order valence-electron chi connectivity index (χ1n) is 12.3. The van der Waals surface area contributed by atoms with Gasteiger partial charge in [-0.1, -0.05) is 52.3 Å². The number of likely N-dealkylation sites (N-methyl/N-ethyl adjacent to an activating group) is 2. The van der Waals surface area contributed by atoms with Crippen molar-refractivity contribution in [2.45, 2.75) is 0 Å². The molecule has 1 saturated heterocycles. The van der Waals surface area contributed by atoms with Crippen LogP contribution in [0.2, 0.25) is 0 Å². The van der Waals surface area contributed by atoms with Crippen molar-refractivity contribution in [1.29, 1.82) is 0 Å². The van der Waals surface area contributed by atoms with Crippen molar-refractivity contribution >= 4 is 56.1 Å². The Balaban J connectivity index is 1.38. The summed E-state index contributed by atoms with van der Waals surface area (Å²) in [6.45, 7) is 4.19. The fourth-order valence-electron chi connectivity index (χ4n) is 4.64. The van der Waals surface area contributed by atoms with Crippen LogP contribution in [0.1, 0.15) is 11.1 Å². The van der Waals surface area contributed by atoms with E-state index >= 15 is 0 Å². The van der Waals surface area contributed by atoms with E-state index in [0.717, 1.165) is 64.5 Å². The summed E-state index contributed by atoms with van der Waals surface area (Å²) in [6, 6.07) is 23.4. The number of hydrogen-bond donors (Lipinski definition) is 2. The van der Waals surface area contributed by atoms with Crippen LogP contribution < -0.4 is 15.5 Å². The molecule has 2 heterocycles. The lowest BCUT2D eigenvalue weighted by atomic mass is 10.00. The molecule has 2 amide bonds. The highest BCUT2D eigenvalue weighted by Crippen LogP contribution is 2.38. The Bertz CT molecular complexity index is 1330. The van der Waals surface area contributed by atoms with Crippen molar-refractivity contribution in [1.82, 2.24) is 9.80 Å². The van der Waals surface area contributed by atoms with Crippen LogP contribution in [0.25, 0.3) is 11.3 Å². The highest BCUT2D eigenvalue weighted by Gasteiger charge is 2.28. The Morgan fingerprint density at radius 1 is 1.00 bits per heavy atom. The summed E-state index contributed by atoms with van der Waals surface area (Å²) in [5.74, 6) is -0.0759. The van der Waals surface area contributed by atoms with Crippen LogP contribution in [0.3, 0.4) is 0 Å². The predicted octanol–water partition coefficient (Wildman–Crippen LogP) is 4.59. The SMILES string of the molecule is CN1CCN(CC(=O)N(C)c2ccc(NC(=C3C(=O)Nc4cc(Br)ccc43)c3ccccc3)cc2)CC1. The van der Waals surface area contributed by atoms with E-state index in [9.17, 15) is 9.59 Å². The van der Waals surface area contributed by atoms with E-state index in [4.69, 9.17) is 0 Å². The van der Waals surface area contributed by atoms with Gasteiger partial charge in [0.05, 0.1) is 23.5 Å². The zero-order chi connectivity index (χ0) is 25.9. The highest BCUT2D eigenvalue weighted by molar-refractivity contribution is 9.10. The zero-order valence-electron chi connectivity index (χ0n) is 21.0. The predicted molar refractivity (Wildman–Crippen MR) is 153 cm³/mol. The molecule has 0 aliphatic carbocycles. The summed E-state index contributed by atoms with van der Waals surface area (Å²) in [5.41, 5.74) is 5.52. The van der Waals surface area contributed by atoms with Crippen LogP contribution in [0.4, 0.5) is 17.1 Å². The molecule has 0 spiro atoms. The molecule has 1 fully saturated rings. The van der Waals surface area contributed by atoms with Gasteiger partial charge in [-0.2, -0.15) is 0 Å². The Morgan fingerprint density at radius 3 is 2.41 bits per heavy atom. The Hall–Kier alpha value is -3.46. The molecule has 37 heavy (non-hydrogen) atoms. The van der Waals surface area contributed by atoms with E-state index in [1.807, 2.05) is 79.8 Å². The van der Waals surface area contributed by atoms with E-state index < -0.39 is 0 Å². The largest absolute Gasteiger partial charge is 0.354 e. The number of amides is 2. The van der Waals surface area contributed by atoms with Crippen LogP contribution in [0, 0.1) is 0 Å². The topological polar surface area (TPSA) is 67.9 Å². The first kappa shape index (κ1) is 25.2. The van der Waals surface area contributed by atoms with Gasteiger partial charge in [0.15, 0.2) is 0 Å². The van der Waals surface area contributed by atoms with Gasteiger partial charge in [0.2, 0.25) is 5.91 Å². The highest BCUT2D eigenvalue weighted by atomic mass is 79.9.